The molecule has 2 aromatic carbocycles. The first-order chi connectivity index (χ1) is 10.7. The minimum atomic E-state index is -0.317. The van der Waals surface area contributed by atoms with Crippen LogP contribution in [0.5, 0.6) is 11.5 Å². The van der Waals surface area contributed by atoms with Crippen LogP contribution in [0.4, 0.5) is 0 Å². The van der Waals surface area contributed by atoms with Crippen LogP contribution in [-0.4, -0.2) is 25.8 Å². The Labute approximate surface area is 129 Å². The Morgan fingerprint density at radius 3 is 2.82 bits per heavy atom. The maximum atomic E-state index is 11.7. The molecule has 5 heteroatoms. The smallest absolute Gasteiger partial charge is 0.277 e. The number of hydrogen-bond acceptors (Lipinski definition) is 4. The molecule has 0 aliphatic rings. The van der Waals surface area contributed by atoms with Gasteiger partial charge in [-0.3, -0.25) is 4.79 Å². The summed E-state index contributed by atoms with van der Waals surface area (Å²) in [5, 5.41) is 3.89. The van der Waals surface area contributed by atoms with Crippen molar-refractivity contribution < 1.29 is 14.3 Å². The van der Waals surface area contributed by atoms with Crippen LogP contribution in [0.2, 0.25) is 0 Å². The summed E-state index contributed by atoms with van der Waals surface area (Å²) >= 11 is 0. The fraction of sp³-hybridized carbons (Fsp3) is 0.176. The first-order valence-corrected chi connectivity index (χ1v) is 6.83. The molecule has 0 saturated heterocycles. The zero-order chi connectivity index (χ0) is 15.8. The summed E-state index contributed by atoms with van der Waals surface area (Å²) in [4.78, 5) is 11.7. The lowest BCUT2D eigenvalue weighted by atomic mass is 10.2. The summed E-state index contributed by atoms with van der Waals surface area (Å²) in [6.07, 6.45) is 1.55. The van der Waals surface area contributed by atoms with E-state index < -0.39 is 0 Å². The summed E-state index contributed by atoms with van der Waals surface area (Å²) in [6, 6.07) is 14.9. The predicted octanol–water partition coefficient (Wildman–Crippen LogP) is 2.53. The molecular weight excluding hydrogens is 280 g/mol. The number of nitrogens with zero attached hydrogens (tertiary/aromatic N) is 1. The molecule has 1 amide bonds. The van der Waals surface area contributed by atoms with Crippen molar-refractivity contribution in [2.24, 2.45) is 5.10 Å². The lowest BCUT2D eigenvalue weighted by molar-refractivity contribution is -0.123. The minimum Gasteiger partial charge on any atom is -0.497 e. The fourth-order valence-corrected chi connectivity index (χ4v) is 1.79. The van der Waals surface area contributed by atoms with E-state index in [0.717, 1.165) is 16.9 Å². The second-order valence-corrected chi connectivity index (χ2v) is 4.62. The van der Waals surface area contributed by atoms with Crippen molar-refractivity contribution in [1.29, 1.82) is 0 Å². The van der Waals surface area contributed by atoms with Crippen LogP contribution in [0.25, 0.3) is 0 Å². The number of para-hydroxylation sites is 1. The Kier molecular flexibility index (Phi) is 5.54. The number of rotatable bonds is 6. The Morgan fingerprint density at radius 1 is 1.23 bits per heavy atom. The highest BCUT2D eigenvalue weighted by Crippen LogP contribution is 2.15. The van der Waals surface area contributed by atoms with Gasteiger partial charge in [0.05, 0.1) is 13.3 Å². The van der Waals surface area contributed by atoms with Gasteiger partial charge >= 0.3 is 0 Å². The third-order valence-corrected chi connectivity index (χ3v) is 2.95. The molecule has 0 aliphatic heterocycles. The minimum absolute atomic E-state index is 0.0830. The van der Waals surface area contributed by atoms with Gasteiger partial charge in [0.15, 0.2) is 6.61 Å². The van der Waals surface area contributed by atoms with Crippen molar-refractivity contribution >= 4 is 12.1 Å². The van der Waals surface area contributed by atoms with Crippen LogP contribution in [0.15, 0.2) is 53.6 Å². The van der Waals surface area contributed by atoms with Crippen molar-refractivity contribution in [3.05, 3.63) is 59.7 Å². The van der Waals surface area contributed by atoms with Crippen LogP contribution >= 0.6 is 0 Å². The molecule has 2 aromatic rings. The number of carbonyl (C=O) groups excluding carboxylic acids is 1. The average molecular weight is 298 g/mol. The van der Waals surface area contributed by atoms with E-state index in [0.29, 0.717) is 5.75 Å². The van der Waals surface area contributed by atoms with E-state index in [1.54, 1.807) is 13.3 Å². The zero-order valence-corrected chi connectivity index (χ0v) is 12.6. The molecule has 0 fully saturated rings. The number of aryl methyl sites for hydroxylation is 1. The molecule has 0 spiro atoms. The zero-order valence-electron chi connectivity index (χ0n) is 12.6. The van der Waals surface area contributed by atoms with Gasteiger partial charge in [-0.2, -0.15) is 5.10 Å². The second kappa shape index (κ2) is 7.83. The van der Waals surface area contributed by atoms with Crippen LogP contribution < -0.4 is 14.9 Å². The first kappa shape index (κ1) is 15.6. The lowest BCUT2D eigenvalue weighted by Crippen LogP contribution is -2.24. The monoisotopic (exact) mass is 298 g/mol. The average Bonchev–Trinajstić information content (AvgIpc) is 2.54. The number of amides is 1. The van der Waals surface area contributed by atoms with Gasteiger partial charge in [0.1, 0.15) is 11.5 Å². The first-order valence-electron chi connectivity index (χ1n) is 6.83. The summed E-state index contributed by atoms with van der Waals surface area (Å²) < 4.78 is 10.5. The van der Waals surface area contributed by atoms with E-state index in [9.17, 15) is 4.79 Å². The fourth-order valence-electron chi connectivity index (χ4n) is 1.79. The highest BCUT2D eigenvalue weighted by atomic mass is 16.5. The molecule has 114 valence electrons. The third kappa shape index (κ3) is 4.63. The maximum absolute atomic E-state index is 11.7. The van der Waals surface area contributed by atoms with Gasteiger partial charge in [-0.05, 0) is 36.2 Å². The topological polar surface area (TPSA) is 59.9 Å². The van der Waals surface area contributed by atoms with Gasteiger partial charge in [-0.1, -0.05) is 30.3 Å². The van der Waals surface area contributed by atoms with Crippen molar-refractivity contribution in [2.45, 2.75) is 6.92 Å². The van der Waals surface area contributed by atoms with E-state index in [-0.39, 0.29) is 12.5 Å². The molecule has 0 aromatic heterocycles. The van der Waals surface area contributed by atoms with Crippen LogP contribution in [0, 0.1) is 6.92 Å². The molecule has 22 heavy (non-hydrogen) atoms. The van der Waals surface area contributed by atoms with Gasteiger partial charge in [0, 0.05) is 0 Å². The van der Waals surface area contributed by atoms with Gasteiger partial charge in [0.25, 0.3) is 5.91 Å². The number of nitrogens with one attached hydrogen (secondary N) is 1. The van der Waals surface area contributed by atoms with Crippen molar-refractivity contribution in [3.8, 4) is 11.5 Å². The molecule has 0 unspecified atom stereocenters. The highest BCUT2D eigenvalue weighted by Gasteiger charge is 2.03. The van der Waals surface area contributed by atoms with Crippen molar-refractivity contribution in [3.63, 3.8) is 0 Å². The van der Waals surface area contributed by atoms with Gasteiger partial charge < -0.3 is 9.47 Å². The Bertz CT molecular complexity index is 668. The SMILES string of the molecule is COc1cccc(/C=N/NC(=O)COc2ccccc2C)c1. The number of hydrazone groups is 1. The van der Waals surface area contributed by atoms with E-state index in [4.69, 9.17) is 9.47 Å². The maximum Gasteiger partial charge on any atom is 0.277 e. The largest absolute Gasteiger partial charge is 0.497 e. The molecule has 0 heterocycles. The van der Waals surface area contributed by atoms with Crippen molar-refractivity contribution in [1.82, 2.24) is 5.43 Å². The molecule has 0 saturated carbocycles. The lowest BCUT2D eigenvalue weighted by Gasteiger charge is -2.07. The van der Waals surface area contributed by atoms with Crippen LogP contribution in [-0.2, 0) is 4.79 Å². The third-order valence-electron chi connectivity index (χ3n) is 2.95. The molecular formula is C17H18N2O3. The predicted molar refractivity (Wildman–Crippen MR) is 85.4 cm³/mol. The standard InChI is InChI=1S/C17H18N2O3/c1-13-6-3-4-9-16(13)22-12-17(20)19-18-11-14-7-5-8-15(10-14)21-2/h3-11H,12H2,1-2H3,(H,19,20)/b18-11+. The molecule has 0 atom stereocenters. The van der Waals surface area contributed by atoms with Gasteiger partial charge in [0.2, 0.25) is 0 Å². The molecule has 5 nitrogen and oxygen atoms in total. The van der Waals surface area contributed by atoms with Crippen molar-refractivity contribution in [2.75, 3.05) is 13.7 Å². The molecule has 1 N–H and O–H groups in total. The summed E-state index contributed by atoms with van der Waals surface area (Å²) in [5.74, 6) is 1.11. The molecule has 0 radical (unpaired) electrons. The number of carbonyl (C=O) groups is 1. The molecule has 0 aliphatic carbocycles. The van der Waals surface area contributed by atoms with Gasteiger partial charge in [-0.25, -0.2) is 5.43 Å². The second-order valence-electron chi connectivity index (χ2n) is 4.62. The highest BCUT2D eigenvalue weighted by molar-refractivity contribution is 5.83. The normalized spacial score (nSPS) is 10.5. The van der Waals surface area contributed by atoms with Crippen LogP contribution in [0.3, 0.4) is 0 Å². The van der Waals surface area contributed by atoms with E-state index in [2.05, 4.69) is 10.5 Å². The number of hydrogen-bond donors (Lipinski definition) is 1. The molecule has 2 rings (SSSR count). The summed E-state index contributed by atoms with van der Waals surface area (Å²) in [7, 11) is 1.60. The van der Waals surface area contributed by atoms with E-state index >= 15 is 0 Å². The summed E-state index contributed by atoms with van der Waals surface area (Å²) in [5.41, 5.74) is 4.24. The Balaban J connectivity index is 1.82. The number of methoxy groups -OCH3 is 1. The molecule has 0 bridgehead atoms. The number of ether oxygens (including phenoxy) is 2. The van der Waals surface area contributed by atoms with Gasteiger partial charge in [-0.15, -0.1) is 0 Å². The van der Waals surface area contributed by atoms with E-state index in [1.165, 1.54) is 0 Å². The quantitative estimate of drug-likeness (QED) is 0.658. The van der Waals surface area contributed by atoms with E-state index in [1.807, 2.05) is 55.5 Å². The Morgan fingerprint density at radius 2 is 2.05 bits per heavy atom. The number of benzene rings is 2. The summed E-state index contributed by atoms with van der Waals surface area (Å²) in [6.45, 7) is 1.84. The Hall–Kier alpha value is -2.82. The van der Waals surface area contributed by atoms with Crippen LogP contribution in [0.1, 0.15) is 11.1 Å².